The molecule has 5 rings (SSSR count). The molecule has 1 N–H and O–H groups in total. The third-order valence-electron chi connectivity index (χ3n) is 7.96. The molecule has 2 amide bonds. The summed E-state index contributed by atoms with van der Waals surface area (Å²) in [6.45, 7) is 4.82. The number of carbonyl (C=O) groups is 2. The second-order valence-electron chi connectivity index (χ2n) is 10.9. The maximum atomic E-state index is 13.1. The van der Waals surface area contributed by atoms with Gasteiger partial charge in [-0.3, -0.25) is 14.6 Å². The number of benzene rings is 2. The standard InChI is InChI=1S/C29H32F3N5O5S/c1-20-18-23(26(38)36-15-13-35(2)14-16-36)7-6-21(20)8-17-43(40,41)37-11-9-28(10-12-37)27(39)33-25(34-28)22-4-3-5-24(19-22)42-29(30,31)32/h3-8,17-19H,9-16H2,1-2H3,(H,33,34,39)/b17-8+. The number of carbonyl (C=O) groups excluding carboxylic acids is 2. The molecule has 2 aromatic carbocycles. The van der Waals surface area contributed by atoms with Crippen LogP contribution >= 0.6 is 0 Å². The maximum Gasteiger partial charge on any atom is 0.573 e. The predicted octanol–water partition coefficient (Wildman–Crippen LogP) is 2.99. The third kappa shape index (κ3) is 6.92. The molecular weight excluding hydrogens is 587 g/mol. The van der Waals surface area contributed by atoms with E-state index in [9.17, 15) is 31.2 Å². The van der Waals surface area contributed by atoms with Crippen LogP contribution in [0.4, 0.5) is 13.2 Å². The van der Waals surface area contributed by atoms with Crippen molar-refractivity contribution in [2.45, 2.75) is 31.7 Å². The second kappa shape index (κ2) is 11.7. The summed E-state index contributed by atoms with van der Waals surface area (Å²) < 4.78 is 69.4. The van der Waals surface area contributed by atoms with Crippen molar-refractivity contribution in [1.29, 1.82) is 0 Å². The zero-order valence-electron chi connectivity index (χ0n) is 23.7. The molecule has 0 saturated carbocycles. The summed E-state index contributed by atoms with van der Waals surface area (Å²) in [5.41, 5.74) is 1.01. The van der Waals surface area contributed by atoms with Gasteiger partial charge in [-0.1, -0.05) is 18.2 Å². The average Bonchev–Trinajstić information content (AvgIpc) is 3.27. The van der Waals surface area contributed by atoms with Gasteiger partial charge in [-0.2, -0.15) is 4.31 Å². The van der Waals surface area contributed by atoms with Crippen molar-refractivity contribution in [3.05, 3.63) is 70.1 Å². The van der Waals surface area contributed by atoms with Crippen molar-refractivity contribution in [3.8, 4) is 5.75 Å². The topological polar surface area (TPSA) is 112 Å². The summed E-state index contributed by atoms with van der Waals surface area (Å²) >= 11 is 0. The van der Waals surface area contributed by atoms with Gasteiger partial charge >= 0.3 is 6.36 Å². The molecule has 2 aromatic rings. The van der Waals surface area contributed by atoms with Crippen LogP contribution in [0.1, 0.15) is 39.9 Å². The lowest BCUT2D eigenvalue weighted by Gasteiger charge is -2.34. The van der Waals surface area contributed by atoms with Gasteiger partial charge in [0.05, 0.1) is 0 Å². The fraction of sp³-hybridized carbons (Fsp3) is 0.414. The summed E-state index contributed by atoms with van der Waals surface area (Å²) in [6.07, 6.45) is -3.15. The van der Waals surface area contributed by atoms with Gasteiger partial charge in [0.15, 0.2) is 0 Å². The number of aryl methyl sites for hydroxylation is 1. The number of alkyl halides is 3. The molecule has 0 unspecified atom stereocenters. The number of hydrogen-bond acceptors (Lipinski definition) is 7. The summed E-state index contributed by atoms with van der Waals surface area (Å²) in [5, 5.41) is 3.74. The highest BCUT2D eigenvalue weighted by Gasteiger charge is 2.47. The number of amidine groups is 1. The fourth-order valence-corrected chi connectivity index (χ4v) is 6.56. The number of aliphatic imine (C=N–C) groups is 1. The molecule has 0 aromatic heterocycles. The minimum Gasteiger partial charge on any atom is -0.406 e. The Morgan fingerprint density at radius 3 is 2.40 bits per heavy atom. The van der Waals surface area contributed by atoms with E-state index in [4.69, 9.17) is 0 Å². The Bertz CT molecular complexity index is 1570. The molecule has 43 heavy (non-hydrogen) atoms. The first-order valence-corrected chi connectivity index (χ1v) is 15.3. The maximum absolute atomic E-state index is 13.1. The Labute approximate surface area is 247 Å². The molecule has 2 fully saturated rings. The van der Waals surface area contributed by atoms with Gasteiger partial charge in [-0.05, 0) is 68.3 Å². The van der Waals surface area contributed by atoms with E-state index in [-0.39, 0.29) is 43.2 Å². The van der Waals surface area contributed by atoms with E-state index in [1.807, 2.05) is 18.9 Å². The summed E-state index contributed by atoms with van der Waals surface area (Å²) in [5.74, 6) is -0.814. The van der Waals surface area contributed by atoms with E-state index < -0.39 is 33.6 Å². The van der Waals surface area contributed by atoms with Crippen molar-refractivity contribution in [2.75, 3.05) is 46.3 Å². The number of likely N-dealkylation sites (N-methyl/N-ethyl adjacent to an activating group) is 1. The number of nitrogens with zero attached hydrogens (tertiary/aromatic N) is 4. The first kappa shape index (κ1) is 30.7. The van der Waals surface area contributed by atoms with Crippen LogP contribution in [0.2, 0.25) is 0 Å². The third-order valence-corrected chi connectivity index (χ3v) is 9.52. The Kier molecular flexibility index (Phi) is 8.38. The zero-order valence-corrected chi connectivity index (χ0v) is 24.5. The smallest absolute Gasteiger partial charge is 0.406 e. The molecule has 2 saturated heterocycles. The van der Waals surface area contributed by atoms with E-state index in [0.29, 0.717) is 24.2 Å². The van der Waals surface area contributed by atoms with Crippen molar-refractivity contribution >= 4 is 33.7 Å². The van der Waals surface area contributed by atoms with Gasteiger partial charge < -0.3 is 19.9 Å². The first-order chi connectivity index (χ1) is 20.2. The quantitative estimate of drug-likeness (QED) is 0.533. The van der Waals surface area contributed by atoms with Crippen molar-refractivity contribution in [3.63, 3.8) is 0 Å². The number of rotatable bonds is 6. The SMILES string of the molecule is Cc1cc(C(=O)N2CCN(C)CC2)ccc1/C=C/S(=O)(=O)N1CCC2(CC1)N=C(c1cccc(OC(F)(F)F)c1)NC2=O. The lowest BCUT2D eigenvalue weighted by Crippen LogP contribution is -2.50. The van der Waals surface area contributed by atoms with E-state index in [1.54, 1.807) is 18.2 Å². The van der Waals surface area contributed by atoms with Crippen LogP contribution in [-0.4, -0.2) is 98.4 Å². The lowest BCUT2D eigenvalue weighted by molar-refractivity contribution is -0.274. The summed E-state index contributed by atoms with van der Waals surface area (Å²) in [4.78, 5) is 34.3. The van der Waals surface area contributed by atoms with E-state index in [1.165, 1.54) is 22.5 Å². The molecule has 3 aliphatic rings. The van der Waals surface area contributed by atoms with Crippen LogP contribution < -0.4 is 10.1 Å². The highest BCUT2D eigenvalue weighted by Crippen LogP contribution is 2.33. The van der Waals surface area contributed by atoms with Crippen LogP contribution in [0.3, 0.4) is 0 Å². The summed E-state index contributed by atoms with van der Waals surface area (Å²) in [7, 11) is -1.81. The van der Waals surface area contributed by atoms with Crippen LogP contribution in [0.25, 0.3) is 6.08 Å². The number of sulfonamides is 1. The molecule has 14 heteroatoms. The van der Waals surface area contributed by atoms with E-state index >= 15 is 0 Å². The molecule has 3 aliphatic heterocycles. The molecule has 0 bridgehead atoms. The molecule has 1 spiro atoms. The number of nitrogens with one attached hydrogen (secondary N) is 1. The van der Waals surface area contributed by atoms with Crippen LogP contribution in [-0.2, 0) is 14.8 Å². The normalized spacial score (nSPS) is 20.0. The second-order valence-corrected chi connectivity index (χ2v) is 12.8. The molecule has 3 heterocycles. The summed E-state index contributed by atoms with van der Waals surface area (Å²) in [6, 6.07) is 10.3. The van der Waals surface area contributed by atoms with Gasteiger partial charge in [-0.15, -0.1) is 13.2 Å². The van der Waals surface area contributed by atoms with Crippen molar-refractivity contribution in [2.24, 2.45) is 4.99 Å². The Morgan fingerprint density at radius 2 is 1.74 bits per heavy atom. The largest absolute Gasteiger partial charge is 0.573 e. The van der Waals surface area contributed by atoms with Gasteiger partial charge in [0.1, 0.15) is 17.1 Å². The van der Waals surface area contributed by atoms with Crippen molar-refractivity contribution < 1.29 is 35.9 Å². The number of ether oxygens (including phenoxy) is 1. The Balaban J connectivity index is 1.23. The average molecular weight is 620 g/mol. The van der Waals surface area contributed by atoms with Gasteiger partial charge in [0, 0.05) is 55.8 Å². The minimum atomic E-state index is -4.86. The predicted molar refractivity (Wildman–Crippen MR) is 154 cm³/mol. The van der Waals surface area contributed by atoms with Crippen LogP contribution in [0, 0.1) is 6.92 Å². The van der Waals surface area contributed by atoms with Gasteiger partial charge in [0.25, 0.3) is 11.8 Å². The number of piperazine rings is 1. The van der Waals surface area contributed by atoms with E-state index in [2.05, 4.69) is 19.9 Å². The number of hydrogen-bond donors (Lipinski definition) is 1. The molecule has 0 radical (unpaired) electrons. The Hall–Kier alpha value is -3.75. The number of amides is 2. The lowest BCUT2D eigenvalue weighted by atomic mass is 9.89. The minimum absolute atomic E-state index is 0.0333. The van der Waals surface area contributed by atoms with Crippen LogP contribution in [0.15, 0.2) is 52.9 Å². The molecule has 10 nitrogen and oxygen atoms in total. The molecule has 230 valence electrons. The van der Waals surface area contributed by atoms with Crippen LogP contribution in [0.5, 0.6) is 5.75 Å². The highest BCUT2D eigenvalue weighted by atomic mass is 32.2. The van der Waals surface area contributed by atoms with Gasteiger partial charge in [-0.25, -0.2) is 8.42 Å². The molecule has 0 atom stereocenters. The monoisotopic (exact) mass is 619 g/mol. The zero-order chi connectivity index (χ0) is 31.0. The van der Waals surface area contributed by atoms with Crippen molar-refractivity contribution in [1.82, 2.24) is 19.4 Å². The van der Waals surface area contributed by atoms with Gasteiger partial charge in [0.2, 0.25) is 10.0 Å². The first-order valence-electron chi connectivity index (χ1n) is 13.8. The number of piperidine rings is 1. The number of halogens is 3. The molecule has 0 aliphatic carbocycles. The Morgan fingerprint density at radius 1 is 1.05 bits per heavy atom. The fourth-order valence-electron chi connectivity index (χ4n) is 5.38. The molecular formula is C29H32F3N5O5S. The highest BCUT2D eigenvalue weighted by molar-refractivity contribution is 7.92. The van der Waals surface area contributed by atoms with E-state index in [0.717, 1.165) is 36.2 Å².